The number of hydrogen-bond donors (Lipinski definition) is 1. The van der Waals surface area contributed by atoms with Gasteiger partial charge in [0.2, 0.25) is 5.91 Å². The van der Waals surface area contributed by atoms with Gasteiger partial charge in [-0.3, -0.25) is 24.2 Å². The Morgan fingerprint density at radius 1 is 0.851 bits per heavy atom. The van der Waals surface area contributed by atoms with Crippen LogP contribution in [0.5, 0.6) is 11.5 Å². The summed E-state index contributed by atoms with van der Waals surface area (Å²) in [6, 6.07) is 32.6. The number of amides is 3. The van der Waals surface area contributed by atoms with E-state index in [0.29, 0.717) is 83.9 Å². The molecule has 13 heteroatoms. The first-order chi connectivity index (χ1) is 32.3. The third kappa shape index (κ3) is 8.82. The number of phenolic OH excluding ortho intramolecular Hbond substituents is 1. The molecule has 3 amide bonds. The molecule has 2 aromatic heterocycles. The molecule has 0 bridgehead atoms. The molecule has 0 spiro atoms. The first kappa shape index (κ1) is 45.0. The molecule has 3 aliphatic rings. The van der Waals surface area contributed by atoms with Gasteiger partial charge in [-0.15, -0.1) is 0 Å². The van der Waals surface area contributed by atoms with Crippen LogP contribution in [0.15, 0.2) is 97.1 Å². The predicted molar refractivity (Wildman–Crippen MR) is 257 cm³/mol. The van der Waals surface area contributed by atoms with Crippen molar-refractivity contribution >= 4 is 29.1 Å². The number of carbonyl (C=O) groups excluding carboxylic acids is 3. The van der Waals surface area contributed by atoms with Crippen molar-refractivity contribution in [3.05, 3.63) is 153 Å². The summed E-state index contributed by atoms with van der Waals surface area (Å²) in [6.45, 7) is 10.1. The minimum atomic E-state index is -0.324. The highest BCUT2D eigenvalue weighted by molar-refractivity contribution is 6.13. The molecule has 4 aromatic carbocycles. The molecular formula is C54H57N7O6. The van der Waals surface area contributed by atoms with Crippen LogP contribution in [0.3, 0.4) is 0 Å². The van der Waals surface area contributed by atoms with Gasteiger partial charge in [-0.1, -0.05) is 36.4 Å². The minimum absolute atomic E-state index is 0.0109. The third-order valence-corrected chi connectivity index (χ3v) is 14.2. The van der Waals surface area contributed by atoms with Crippen molar-refractivity contribution in [2.75, 3.05) is 44.9 Å². The van der Waals surface area contributed by atoms with Crippen molar-refractivity contribution in [2.24, 2.45) is 14.1 Å². The van der Waals surface area contributed by atoms with Crippen LogP contribution < -0.4 is 9.64 Å². The Morgan fingerprint density at radius 2 is 1.58 bits per heavy atom. The van der Waals surface area contributed by atoms with Crippen LogP contribution in [-0.4, -0.2) is 98.7 Å². The maximum Gasteiger partial charge on any atom is 0.264 e. The number of hydrogen-bond acceptors (Lipinski definition) is 8. The second-order valence-corrected chi connectivity index (χ2v) is 18.2. The van der Waals surface area contributed by atoms with Crippen LogP contribution in [-0.2, 0) is 56.0 Å². The highest BCUT2D eigenvalue weighted by atomic mass is 16.5. The molecule has 67 heavy (non-hydrogen) atoms. The molecule has 0 radical (unpaired) electrons. The van der Waals surface area contributed by atoms with Crippen molar-refractivity contribution in [1.29, 1.82) is 5.26 Å². The highest BCUT2D eigenvalue weighted by Gasteiger charge is 2.34. The quantitative estimate of drug-likeness (QED) is 0.133. The minimum Gasteiger partial charge on any atom is -0.508 e. The summed E-state index contributed by atoms with van der Waals surface area (Å²) in [5.41, 5.74) is 10.4. The molecule has 1 N–H and O–H groups in total. The summed E-state index contributed by atoms with van der Waals surface area (Å²) in [4.78, 5) is 51.8. The third-order valence-electron chi connectivity index (χ3n) is 14.2. The lowest BCUT2D eigenvalue weighted by atomic mass is 9.89. The Kier molecular flexibility index (Phi) is 12.5. The Labute approximate surface area is 392 Å². The number of rotatable bonds is 12. The summed E-state index contributed by atoms with van der Waals surface area (Å²) in [5.74, 6) is 0.398. The summed E-state index contributed by atoms with van der Waals surface area (Å²) >= 11 is 0. The molecule has 0 saturated carbocycles. The average molecular weight is 900 g/mol. The molecule has 344 valence electrons. The number of nitriles is 1. The molecule has 0 unspecified atom stereocenters. The molecule has 1 atom stereocenters. The van der Waals surface area contributed by atoms with Gasteiger partial charge in [-0.05, 0) is 129 Å². The number of aromatic nitrogens is 2. The van der Waals surface area contributed by atoms with E-state index in [1.807, 2.05) is 83.8 Å². The summed E-state index contributed by atoms with van der Waals surface area (Å²) < 4.78 is 15.0. The molecule has 5 heterocycles. The number of likely N-dealkylation sites (N-methyl/N-ethyl adjacent to an activating group) is 1. The maximum absolute atomic E-state index is 15.2. The fourth-order valence-corrected chi connectivity index (χ4v) is 9.55. The van der Waals surface area contributed by atoms with Crippen molar-refractivity contribution < 1.29 is 29.0 Å². The number of benzene rings is 4. The van der Waals surface area contributed by atoms with Gasteiger partial charge in [-0.2, -0.15) is 5.26 Å². The van der Waals surface area contributed by atoms with Crippen molar-refractivity contribution in [3.63, 3.8) is 0 Å². The number of aromatic hydroxyl groups is 1. The highest BCUT2D eigenvalue weighted by Crippen LogP contribution is 2.38. The predicted octanol–water partition coefficient (Wildman–Crippen LogP) is 7.63. The zero-order valence-corrected chi connectivity index (χ0v) is 39.1. The zero-order valence-electron chi connectivity index (χ0n) is 39.1. The van der Waals surface area contributed by atoms with Crippen LogP contribution in [0.1, 0.15) is 72.5 Å². The lowest BCUT2D eigenvalue weighted by molar-refractivity contribution is -0.131. The summed E-state index contributed by atoms with van der Waals surface area (Å²) in [6.07, 6.45) is 1.57. The Hall–Kier alpha value is -7.14. The van der Waals surface area contributed by atoms with Gasteiger partial charge >= 0.3 is 0 Å². The molecule has 6 aromatic rings. The molecule has 9 rings (SSSR count). The van der Waals surface area contributed by atoms with E-state index >= 15 is 9.59 Å². The standard InChI is InChI=1S/C54H57N7O6/c1-34-23-38-9-7-8-10-40(38)31-60(34)53(64)49-26-41-30-59(52(63)24-37-11-17-46(18-12-37)67-22-21-56(4)44-32-66-33-44)20-19-39(41)25-48(49)51-28-47(35(2)58(51)6)54(65)61(42-13-15-45(62)16-14-42)50-27-43(29-55)57(5)36(50)3/h7-18,25-28,34,44,62H,19-24,30-33H2,1-6H3/t34-/m1/s1. The molecule has 1 saturated heterocycles. The fourth-order valence-electron chi connectivity index (χ4n) is 9.55. The largest absolute Gasteiger partial charge is 0.508 e. The van der Waals surface area contributed by atoms with Crippen molar-refractivity contribution in [3.8, 4) is 28.8 Å². The van der Waals surface area contributed by atoms with Crippen LogP contribution in [0.2, 0.25) is 0 Å². The molecule has 1 fully saturated rings. The molecule has 3 aliphatic heterocycles. The van der Waals surface area contributed by atoms with Gasteiger partial charge in [0.25, 0.3) is 11.8 Å². The van der Waals surface area contributed by atoms with E-state index in [1.54, 1.807) is 34.7 Å². The number of carbonyl (C=O) groups is 3. The number of anilines is 2. The Balaban J connectivity index is 1.03. The van der Waals surface area contributed by atoms with Gasteiger partial charge in [-0.25, -0.2) is 0 Å². The van der Waals surface area contributed by atoms with Gasteiger partial charge in [0, 0.05) is 80.2 Å². The van der Waals surface area contributed by atoms with Crippen molar-refractivity contribution in [2.45, 2.75) is 65.2 Å². The number of ether oxygens (including phenoxy) is 2. The maximum atomic E-state index is 15.2. The van der Waals surface area contributed by atoms with Crippen LogP contribution in [0.25, 0.3) is 11.3 Å². The van der Waals surface area contributed by atoms with Crippen LogP contribution in [0.4, 0.5) is 11.4 Å². The van der Waals surface area contributed by atoms with Gasteiger partial charge in [0.1, 0.15) is 29.9 Å². The smallest absolute Gasteiger partial charge is 0.264 e. The second kappa shape index (κ2) is 18.6. The lowest BCUT2D eigenvalue weighted by Crippen LogP contribution is -2.48. The zero-order chi connectivity index (χ0) is 47.1. The average Bonchev–Trinajstić information content (AvgIpc) is 3.77. The monoisotopic (exact) mass is 899 g/mol. The second-order valence-electron chi connectivity index (χ2n) is 18.2. The van der Waals surface area contributed by atoms with Gasteiger partial charge < -0.3 is 33.5 Å². The van der Waals surface area contributed by atoms with Gasteiger partial charge in [0.15, 0.2) is 0 Å². The first-order valence-corrected chi connectivity index (χ1v) is 23.0. The van der Waals surface area contributed by atoms with E-state index in [2.05, 4.69) is 43.1 Å². The number of fused-ring (bicyclic) bond motifs is 2. The Bertz CT molecular complexity index is 2910. The van der Waals surface area contributed by atoms with Crippen LogP contribution in [0, 0.1) is 25.2 Å². The van der Waals surface area contributed by atoms with Crippen molar-refractivity contribution in [1.82, 2.24) is 23.8 Å². The normalized spacial score (nSPS) is 15.7. The van der Waals surface area contributed by atoms with E-state index in [9.17, 15) is 15.2 Å². The van der Waals surface area contributed by atoms with E-state index in [1.165, 1.54) is 17.7 Å². The number of phenols is 1. The first-order valence-electron chi connectivity index (χ1n) is 23.0. The lowest BCUT2D eigenvalue weighted by Gasteiger charge is -2.36. The molecule has 13 nitrogen and oxygen atoms in total. The summed E-state index contributed by atoms with van der Waals surface area (Å²) in [7, 11) is 5.78. The van der Waals surface area contributed by atoms with Gasteiger partial charge in [0.05, 0.1) is 36.9 Å². The van der Waals surface area contributed by atoms with Crippen LogP contribution >= 0.6 is 0 Å². The van der Waals surface area contributed by atoms with E-state index in [-0.39, 0.29) is 35.9 Å². The SMILES string of the molecule is Cc1c(N(C(=O)c2cc(-c3cc4c(cc3C(=O)N3Cc5ccccc5C[C@H]3C)CN(C(=O)Cc3ccc(OCCN(C)C5COC5)cc3)CC4)n(C)c2C)c2ccc(O)cc2)cc(C#N)n1C. The Morgan fingerprint density at radius 3 is 2.27 bits per heavy atom. The molecular weight excluding hydrogens is 843 g/mol. The number of nitrogens with zero attached hydrogens (tertiary/aromatic N) is 7. The fraction of sp³-hybridized carbons (Fsp3) is 0.333. The molecule has 0 aliphatic carbocycles. The van der Waals surface area contributed by atoms with E-state index < -0.39 is 0 Å². The van der Waals surface area contributed by atoms with E-state index in [4.69, 9.17) is 9.47 Å². The topological polar surface area (TPSA) is 137 Å². The summed E-state index contributed by atoms with van der Waals surface area (Å²) in [5, 5.41) is 20.1. The van der Waals surface area contributed by atoms with E-state index in [0.717, 1.165) is 59.9 Å².